The highest BCUT2D eigenvalue weighted by Crippen LogP contribution is 2.46. The Kier molecular flexibility index (Phi) is 5.50. The minimum absolute atomic E-state index is 0.0382. The fourth-order valence-corrected chi connectivity index (χ4v) is 6.26. The number of fused-ring (bicyclic) bond motifs is 4. The second-order valence-electron chi connectivity index (χ2n) is 9.50. The van der Waals surface area contributed by atoms with Crippen molar-refractivity contribution in [2.75, 3.05) is 6.61 Å². The van der Waals surface area contributed by atoms with Gasteiger partial charge >= 0.3 is 5.97 Å². The molecule has 0 heterocycles. The second kappa shape index (κ2) is 8.41. The predicted molar refractivity (Wildman–Crippen MR) is 121 cm³/mol. The van der Waals surface area contributed by atoms with Gasteiger partial charge in [0.25, 0.3) is 0 Å². The summed E-state index contributed by atoms with van der Waals surface area (Å²) >= 11 is 0. The normalized spacial score (nSPS) is 28.0. The molecule has 30 heavy (non-hydrogen) atoms. The summed E-state index contributed by atoms with van der Waals surface area (Å²) < 4.78 is 6.10. The first-order valence-corrected chi connectivity index (χ1v) is 11.7. The lowest BCUT2D eigenvalue weighted by molar-refractivity contribution is -0.152. The molecule has 3 aliphatic rings. The molecule has 0 saturated heterocycles. The molecule has 2 heteroatoms. The van der Waals surface area contributed by atoms with Crippen LogP contribution in [-0.2, 0) is 9.53 Å². The Bertz CT molecular complexity index is 898. The van der Waals surface area contributed by atoms with Crippen LogP contribution in [-0.4, -0.2) is 12.6 Å². The average molecular weight is 401 g/mol. The number of carbonyl (C=O) groups is 1. The van der Waals surface area contributed by atoms with Crippen LogP contribution in [0.2, 0.25) is 0 Å². The molecule has 2 aromatic rings. The third kappa shape index (κ3) is 3.51. The number of benzene rings is 2. The molecule has 5 rings (SSSR count). The van der Waals surface area contributed by atoms with Crippen LogP contribution in [0.25, 0.3) is 11.1 Å². The van der Waals surface area contributed by atoms with Crippen molar-refractivity contribution in [2.24, 2.45) is 23.7 Å². The van der Waals surface area contributed by atoms with E-state index in [1.54, 1.807) is 0 Å². The highest BCUT2D eigenvalue weighted by atomic mass is 16.5. The fraction of sp³-hybridized carbons (Fsp3) is 0.464. The van der Waals surface area contributed by atoms with Crippen LogP contribution >= 0.6 is 0 Å². The first-order valence-electron chi connectivity index (χ1n) is 11.7. The molecule has 0 aromatic heterocycles. The van der Waals surface area contributed by atoms with Crippen LogP contribution in [0.15, 0.2) is 60.7 Å². The van der Waals surface area contributed by atoms with Crippen molar-refractivity contribution in [1.29, 1.82) is 0 Å². The maximum atomic E-state index is 13.4. The topological polar surface area (TPSA) is 26.3 Å². The van der Waals surface area contributed by atoms with E-state index < -0.39 is 0 Å². The monoisotopic (exact) mass is 400 g/mol. The average Bonchev–Trinajstić information content (AvgIpc) is 2.89. The van der Waals surface area contributed by atoms with E-state index in [-0.39, 0.29) is 17.8 Å². The van der Waals surface area contributed by atoms with Gasteiger partial charge in [-0.1, -0.05) is 80.4 Å². The lowest BCUT2D eigenvalue weighted by atomic mass is 9.73. The minimum atomic E-state index is 0.0382. The van der Waals surface area contributed by atoms with Gasteiger partial charge in [0.05, 0.1) is 5.92 Å². The van der Waals surface area contributed by atoms with E-state index in [4.69, 9.17) is 4.74 Å². The summed E-state index contributed by atoms with van der Waals surface area (Å²) in [5.41, 5.74) is 5.14. The number of allylic oxidation sites excluding steroid dienone is 2. The van der Waals surface area contributed by atoms with Crippen molar-refractivity contribution in [3.63, 3.8) is 0 Å². The van der Waals surface area contributed by atoms with E-state index in [1.807, 2.05) is 0 Å². The van der Waals surface area contributed by atoms with E-state index in [9.17, 15) is 4.79 Å². The molecule has 1 saturated carbocycles. The number of carbonyl (C=O) groups excluding carboxylic acids is 1. The maximum absolute atomic E-state index is 13.4. The molecule has 4 atom stereocenters. The number of ether oxygens (including phenoxy) is 1. The van der Waals surface area contributed by atoms with Crippen LogP contribution in [0.5, 0.6) is 0 Å². The maximum Gasteiger partial charge on any atom is 0.309 e. The molecule has 0 amide bonds. The van der Waals surface area contributed by atoms with Gasteiger partial charge < -0.3 is 4.74 Å². The molecule has 0 aliphatic heterocycles. The molecule has 0 radical (unpaired) electrons. The summed E-state index contributed by atoms with van der Waals surface area (Å²) in [5, 5.41) is 0. The van der Waals surface area contributed by atoms with Crippen LogP contribution in [0, 0.1) is 23.7 Å². The Balaban J connectivity index is 1.35. The zero-order chi connectivity index (χ0) is 20.5. The van der Waals surface area contributed by atoms with Crippen molar-refractivity contribution in [1.82, 2.24) is 0 Å². The SMILES string of the molecule is CC1CC=CCC2C(C(=O)OCC3c4ccccc4-c4ccccc43)CCCCC12. The zero-order valence-electron chi connectivity index (χ0n) is 17.9. The van der Waals surface area contributed by atoms with Gasteiger partial charge in [0, 0.05) is 5.92 Å². The highest BCUT2D eigenvalue weighted by molar-refractivity contribution is 5.79. The molecule has 4 unspecified atom stereocenters. The molecule has 2 nitrogen and oxygen atoms in total. The largest absolute Gasteiger partial charge is 0.464 e. The molecule has 2 aromatic carbocycles. The van der Waals surface area contributed by atoms with E-state index in [1.165, 1.54) is 35.1 Å². The van der Waals surface area contributed by atoms with Crippen molar-refractivity contribution in [3.8, 4) is 11.1 Å². The molecule has 156 valence electrons. The smallest absolute Gasteiger partial charge is 0.309 e. The Morgan fingerprint density at radius 2 is 1.50 bits per heavy atom. The van der Waals surface area contributed by atoms with Gasteiger partial charge in [0.1, 0.15) is 6.61 Å². The van der Waals surface area contributed by atoms with Crippen LogP contribution in [0.4, 0.5) is 0 Å². The van der Waals surface area contributed by atoms with Gasteiger partial charge in [-0.05, 0) is 65.7 Å². The molecule has 0 N–H and O–H groups in total. The van der Waals surface area contributed by atoms with E-state index in [2.05, 4.69) is 67.6 Å². The Morgan fingerprint density at radius 1 is 0.867 bits per heavy atom. The van der Waals surface area contributed by atoms with Gasteiger partial charge in [-0.3, -0.25) is 4.79 Å². The summed E-state index contributed by atoms with van der Waals surface area (Å²) in [7, 11) is 0. The summed E-state index contributed by atoms with van der Waals surface area (Å²) in [6.07, 6.45) is 11.5. The number of hydrogen-bond donors (Lipinski definition) is 0. The summed E-state index contributed by atoms with van der Waals surface area (Å²) in [6.45, 7) is 2.82. The van der Waals surface area contributed by atoms with Gasteiger partial charge in [-0.2, -0.15) is 0 Å². The second-order valence-corrected chi connectivity index (χ2v) is 9.50. The third-order valence-corrected chi connectivity index (χ3v) is 7.84. The quantitative estimate of drug-likeness (QED) is 0.421. The number of hydrogen-bond acceptors (Lipinski definition) is 2. The van der Waals surface area contributed by atoms with Crippen molar-refractivity contribution in [2.45, 2.75) is 51.4 Å². The van der Waals surface area contributed by atoms with Crippen LogP contribution in [0.3, 0.4) is 0 Å². The standard InChI is InChI=1S/C28H32O2/c1-19-10-2-3-12-21-20(19)11-4-9-17-26(21)28(29)30-18-27-24-15-7-5-13-22(24)23-14-6-8-16-25(23)27/h2-3,5-8,13-16,19-21,26-27H,4,9-12,17-18H2,1H3. The van der Waals surface area contributed by atoms with Crippen molar-refractivity contribution < 1.29 is 9.53 Å². The summed E-state index contributed by atoms with van der Waals surface area (Å²) in [6, 6.07) is 17.1. The van der Waals surface area contributed by atoms with E-state index in [0.717, 1.165) is 25.7 Å². The molecule has 0 spiro atoms. The third-order valence-electron chi connectivity index (χ3n) is 7.84. The molecule has 3 aliphatic carbocycles. The van der Waals surface area contributed by atoms with E-state index >= 15 is 0 Å². The molecule has 0 bridgehead atoms. The van der Waals surface area contributed by atoms with Gasteiger partial charge in [0.15, 0.2) is 0 Å². The molecular formula is C28H32O2. The van der Waals surface area contributed by atoms with Crippen molar-refractivity contribution >= 4 is 5.97 Å². The van der Waals surface area contributed by atoms with Crippen LogP contribution in [0.1, 0.15) is 62.5 Å². The zero-order valence-corrected chi connectivity index (χ0v) is 17.9. The summed E-state index contributed by atoms with van der Waals surface area (Å²) in [5.74, 6) is 1.99. The Labute approximate surface area is 180 Å². The number of rotatable bonds is 3. The molecule has 1 fully saturated rings. The minimum Gasteiger partial charge on any atom is -0.464 e. The number of esters is 1. The first kappa shape index (κ1) is 19.6. The van der Waals surface area contributed by atoms with Gasteiger partial charge in [-0.15, -0.1) is 0 Å². The fourth-order valence-electron chi connectivity index (χ4n) is 6.26. The van der Waals surface area contributed by atoms with Crippen LogP contribution < -0.4 is 0 Å². The molecular weight excluding hydrogens is 368 g/mol. The first-order chi connectivity index (χ1) is 14.7. The van der Waals surface area contributed by atoms with Gasteiger partial charge in [-0.25, -0.2) is 0 Å². The summed E-state index contributed by atoms with van der Waals surface area (Å²) in [4.78, 5) is 13.4. The highest BCUT2D eigenvalue weighted by Gasteiger charge is 2.39. The Morgan fingerprint density at radius 3 is 2.23 bits per heavy atom. The predicted octanol–water partition coefficient (Wildman–Crippen LogP) is 6.75. The van der Waals surface area contributed by atoms with Crippen molar-refractivity contribution in [3.05, 3.63) is 71.8 Å². The van der Waals surface area contributed by atoms with Gasteiger partial charge in [0.2, 0.25) is 0 Å². The Hall–Kier alpha value is -2.35. The van der Waals surface area contributed by atoms with E-state index in [0.29, 0.717) is 24.4 Å². The lowest BCUT2D eigenvalue weighted by Crippen LogP contribution is -2.32. The lowest BCUT2D eigenvalue weighted by Gasteiger charge is -2.32.